The Kier molecular flexibility index (Phi) is 14.6. The third-order valence-corrected chi connectivity index (χ3v) is 6.26. The Balaban J connectivity index is 2.19. The minimum Gasteiger partial charge on any atom is -0.481 e. The molecule has 0 aliphatic rings. The Bertz CT molecular complexity index is 1410. The van der Waals surface area contributed by atoms with Crippen LogP contribution >= 0.6 is 0 Å². The third kappa shape index (κ3) is 13.0. The Morgan fingerprint density at radius 3 is 1.63 bits per heavy atom. The first-order chi connectivity index (χ1) is 21.8. The van der Waals surface area contributed by atoms with Crippen molar-refractivity contribution < 1.29 is 68.3 Å². The van der Waals surface area contributed by atoms with Crippen LogP contribution in [-0.2, 0) is 61.0 Å². The predicted molar refractivity (Wildman–Crippen MR) is 152 cm³/mol. The summed E-state index contributed by atoms with van der Waals surface area (Å²) in [6.07, 6.45) is -6.08. The van der Waals surface area contributed by atoms with Gasteiger partial charge in [0, 0.05) is 18.8 Å². The molecular weight excluding hydrogens is 612 g/mol. The molecule has 0 aliphatic carbocycles. The van der Waals surface area contributed by atoms with Crippen LogP contribution in [0.4, 0.5) is 0 Å². The minimum absolute atomic E-state index is 0.287. The van der Waals surface area contributed by atoms with E-state index in [2.05, 4.69) is 5.32 Å². The van der Waals surface area contributed by atoms with Gasteiger partial charge in [-0.15, -0.1) is 0 Å². The second-order valence-electron chi connectivity index (χ2n) is 9.89. The maximum absolute atomic E-state index is 13.0. The summed E-state index contributed by atoms with van der Waals surface area (Å²) in [6, 6.07) is 12.8. The van der Waals surface area contributed by atoms with Crippen LogP contribution in [-0.4, -0.2) is 86.1 Å². The number of carboxylic acid groups (broad SMARTS) is 3. The Labute approximate surface area is 261 Å². The summed E-state index contributed by atoms with van der Waals surface area (Å²) in [5.74, 6) is -13.2. The van der Waals surface area contributed by atoms with Gasteiger partial charge in [0.2, 0.25) is 17.5 Å². The largest absolute Gasteiger partial charge is 0.481 e. The van der Waals surface area contributed by atoms with Crippen LogP contribution in [0.15, 0.2) is 60.7 Å². The molecule has 0 saturated heterocycles. The van der Waals surface area contributed by atoms with Gasteiger partial charge in [0.25, 0.3) is 0 Å². The second-order valence-corrected chi connectivity index (χ2v) is 9.89. The lowest BCUT2D eigenvalue weighted by Crippen LogP contribution is -2.55. The highest BCUT2D eigenvalue weighted by Gasteiger charge is 2.35. The highest BCUT2D eigenvalue weighted by molar-refractivity contribution is 6.38. The molecular formula is C30H32N2O14. The third-order valence-electron chi connectivity index (χ3n) is 6.26. The summed E-state index contributed by atoms with van der Waals surface area (Å²) in [5, 5.41) is 41.8. The van der Waals surface area contributed by atoms with Crippen LogP contribution in [0.2, 0.25) is 0 Å². The molecule has 2 aromatic carbocycles. The number of carbonyl (C=O) groups is 8. The number of ether oxygens (including phenoxy) is 2. The fraction of sp³-hybridized carbons (Fsp3) is 0.333. The fourth-order valence-corrected chi connectivity index (χ4v) is 3.96. The molecule has 0 aromatic heterocycles. The number of ketones is 2. The second kappa shape index (κ2) is 18.4. The van der Waals surface area contributed by atoms with Crippen molar-refractivity contribution in [2.45, 2.75) is 57.2 Å². The lowest BCUT2D eigenvalue weighted by atomic mass is 9.93. The van der Waals surface area contributed by atoms with E-state index < -0.39 is 97.2 Å². The van der Waals surface area contributed by atoms with Crippen LogP contribution in [0, 0.1) is 5.92 Å². The van der Waals surface area contributed by atoms with Crippen molar-refractivity contribution in [3.8, 4) is 0 Å². The summed E-state index contributed by atoms with van der Waals surface area (Å²) in [7, 11) is 0. The van der Waals surface area contributed by atoms with Gasteiger partial charge in [-0.3, -0.25) is 34.1 Å². The Morgan fingerprint density at radius 2 is 1.15 bits per heavy atom. The molecule has 0 aliphatic heterocycles. The number of rotatable bonds is 20. The van der Waals surface area contributed by atoms with Gasteiger partial charge >= 0.3 is 29.8 Å². The highest BCUT2D eigenvalue weighted by Crippen LogP contribution is 2.15. The van der Waals surface area contributed by atoms with Gasteiger partial charge in [-0.1, -0.05) is 60.7 Å². The molecule has 0 fully saturated rings. The van der Waals surface area contributed by atoms with E-state index in [1.54, 1.807) is 60.7 Å². The molecule has 16 heteroatoms. The molecule has 46 heavy (non-hydrogen) atoms. The number of hydrogen-bond acceptors (Lipinski definition) is 12. The van der Waals surface area contributed by atoms with E-state index in [0.717, 1.165) is 0 Å². The van der Waals surface area contributed by atoms with E-state index in [1.165, 1.54) is 0 Å². The first kappa shape index (κ1) is 36.7. The molecule has 6 N–H and O–H groups in total. The Morgan fingerprint density at radius 1 is 0.652 bits per heavy atom. The molecule has 0 radical (unpaired) electrons. The van der Waals surface area contributed by atoms with Crippen molar-refractivity contribution in [1.29, 1.82) is 0 Å². The van der Waals surface area contributed by atoms with E-state index in [1.807, 2.05) is 5.32 Å². The van der Waals surface area contributed by atoms with Crippen LogP contribution in [0.5, 0.6) is 0 Å². The van der Waals surface area contributed by atoms with Gasteiger partial charge < -0.3 is 35.2 Å². The number of hydrogen-bond donors (Lipinski definition) is 6. The molecule has 246 valence electrons. The number of aliphatic hydroxyl groups is 1. The number of carboxylic acids is 3. The molecule has 16 nitrogen and oxygen atoms in total. The molecule has 3 unspecified atom stereocenters. The zero-order chi connectivity index (χ0) is 34.2. The van der Waals surface area contributed by atoms with Gasteiger partial charge in [-0.05, 0) is 11.1 Å². The quantitative estimate of drug-likeness (QED) is 0.0620. The SMILES string of the molecule is O=C(O)CC(NC(=O)CC(CC(=O)C(=O)OCc1ccccc1)C(=O)C(=O)OCc1ccccc1)C(O)N[C@@H](CC(=O)O)C(=O)O. The van der Waals surface area contributed by atoms with E-state index in [0.29, 0.717) is 11.1 Å². The standard InChI is InChI=1S/C30H32N2O14/c33-22(29(43)45-15-17-7-3-1-4-8-17)11-19(26(39)30(44)46-16-18-9-5-2-6-10-18)12-23(34)31-20(13-24(35)36)27(40)32-21(28(41)42)14-25(37)38/h1-10,19-21,27,32,40H,11-16H2,(H,31,34)(H,35,36)(H,37,38)(H,41,42)/t19?,20?,21-,27?/m0/s1. The summed E-state index contributed by atoms with van der Waals surface area (Å²) in [5.41, 5.74) is 1.06. The van der Waals surface area contributed by atoms with E-state index in [-0.39, 0.29) is 13.2 Å². The van der Waals surface area contributed by atoms with E-state index in [9.17, 15) is 53.7 Å². The number of Topliss-reactive ketones (excluding diaryl/α,β-unsaturated/α-hetero) is 2. The molecule has 0 bridgehead atoms. The number of amides is 1. The van der Waals surface area contributed by atoms with Crippen molar-refractivity contribution in [2.24, 2.45) is 5.92 Å². The zero-order valence-corrected chi connectivity index (χ0v) is 24.2. The van der Waals surface area contributed by atoms with Gasteiger partial charge in [0.1, 0.15) is 25.5 Å². The van der Waals surface area contributed by atoms with Crippen molar-refractivity contribution in [1.82, 2.24) is 10.6 Å². The van der Waals surface area contributed by atoms with Crippen LogP contribution < -0.4 is 10.6 Å². The van der Waals surface area contributed by atoms with Gasteiger partial charge in [0.05, 0.1) is 18.9 Å². The molecule has 0 saturated carbocycles. The van der Waals surface area contributed by atoms with Crippen molar-refractivity contribution >= 4 is 47.3 Å². The number of esters is 2. The van der Waals surface area contributed by atoms with Gasteiger partial charge in [-0.2, -0.15) is 0 Å². The monoisotopic (exact) mass is 644 g/mol. The first-order valence-corrected chi connectivity index (χ1v) is 13.7. The smallest absolute Gasteiger partial charge is 0.375 e. The van der Waals surface area contributed by atoms with Crippen LogP contribution in [0.1, 0.15) is 36.8 Å². The number of benzene rings is 2. The molecule has 0 spiro atoms. The van der Waals surface area contributed by atoms with E-state index >= 15 is 0 Å². The number of nitrogens with one attached hydrogen (secondary N) is 2. The van der Waals surface area contributed by atoms with Crippen LogP contribution in [0.3, 0.4) is 0 Å². The number of carbonyl (C=O) groups excluding carboxylic acids is 5. The maximum atomic E-state index is 13.0. The molecule has 2 aromatic rings. The molecule has 0 heterocycles. The predicted octanol–water partition coefficient (Wildman–Crippen LogP) is -0.197. The van der Waals surface area contributed by atoms with Crippen LogP contribution in [0.25, 0.3) is 0 Å². The first-order valence-electron chi connectivity index (χ1n) is 13.7. The topological polar surface area (TPSA) is 260 Å². The van der Waals surface area contributed by atoms with Crippen molar-refractivity contribution in [2.75, 3.05) is 0 Å². The molecule has 1 amide bonds. The average molecular weight is 645 g/mol. The van der Waals surface area contributed by atoms with E-state index in [4.69, 9.17) is 14.6 Å². The summed E-state index contributed by atoms with van der Waals surface area (Å²) >= 11 is 0. The fourth-order valence-electron chi connectivity index (χ4n) is 3.96. The lowest BCUT2D eigenvalue weighted by Gasteiger charge is -2.26. The van der Waals surface area contributed by atoms with Crippen molar-refractivity contribution in [3.05, 3.63) is 71.8 Å². The Hall–Kier alpha value is -5.48. The maximum Gasteiger partial charge on any atom is 0.375 e. The summed E-state index contributed by atoms with van der Waals surface area (Å²) < 4.78 is 9.94. The van der Waals surface area contributed by atoms with Gasteiger partial charge in [-0.25, -0.2) is 9.59 Å². The number of aliphatic carboxylic acids is 3. The van der Waals surface area contributed by atoms with Crippen molar-refractivity contribution in [3.63, 3.8) is 0 Å². The summed E-state index contributed by atoms with van der Waals surface area (Å²) in [4.78, 5) is 97.3. The average Bonchev–Trinajstić information content (AvgIpc) is 3.01. The zero-order valence-electron chi connectivity index (χ0n) is 24.2. The number of aliphatic hydroxyl groups excluding tert-OH is 1. The lowest BCUT2D eigenvalue weighted by molar-refractivity contribution is -0.159. The van der Waals surface area contributed by atoms with Gasteiger partial charge in [0.15, 0.2) is 0 Å². The minimum atomic E-state index is -2.11. The molecule has 4 atom stereocenters. The normalized spacial score (nSPS) is 13.2. The highest BCUT2D eigenvalue weighted by atomic mass is 16.5. The molecule has 2 rings (SSSR count). The summed E-state index contributed by atoms with van der Waals surface area (Å²) in [6.45, 7) is -0.623.